The normalized spacial score (nSPS) is 11.8. The maximum atomic E-state index is 12.6. The van der Waals surface area contributed by atoms with E-state index in [9.17, 15) is 13.2 Å². The van der Waals surface area contributed by atoms with Gasteiger partial charge >= 0.3 is 6.18 Å². The van der Waals surface area contributed by atoms with E-state index in [2.05, 4.69) is 26.1 Å². The highest BCUT2D eigenvalue weighted by molar-refractivity contribution is 9.10. The SMILES string of the molecule is Nc1nnc(-c2cc(Br)cc(C(F)(F)F)c2)s1. The van der Waals surface area contributed by atoms with Crippen molar-refractivity contribution in [2.45, 2.75) is 6.18 Å². The number of nitrogens with zero attached hydrogens (tertiary/aromatic N) is 2. The van der Waals surface area contributed by atoms with E-state index in [0.717, 1.165) is 23.5 Å². The minimum absolute atomic E-state index is 0.216. The van der Waals surface area contributed by atoms with Gasteiger partial charge in [-0.3, -0.25) is 0 Å². The Bertz CT molecular complexity index is 553. The summed E-state index contributed by atoms with van der Waals surface area (Å²) >= 11 is 4.07. The van der Waals surface area contributed by atoms with Gasteiger partial charge in [-0.1, -0.05) is 27.3 Å². The van der Waals surface area contributed by atoms with Crippen LogP contribution in [0.2, 0.25) is 0 Å². The van der Waals surface area contributed by atoms with Crippen LogP contribution in [0.25, 0.3) is 10.6 Å². The standard InChI is InChI=1S/C9H5BrF3N3S/c10-6-2-4(7-15-16-8(14)17-7)1-5(3-6)9(11,12)13/h1-3H,(H2,14,16). The number of alkyl halides is 3. The molecule has 0 bridgehead atoms. The van der Waals surface area contributed by atoms with E-state index in [4.69, 9.17) is 5.73 Å². The van der Waals surface area contributed by atoms with Crippen LogP contribution in [0.3, 0.4) is 0 Å². The molecular weight excluding hydrogens is 319 g/mol. The molecule has 0 atom stereocenters. The second kappa shape index (κ2) is 4.26. The van der Waals surface area contributed by atoms with Crippen LogP contribution in [0.15, 0.2) is 22.7 Å². The fourth-order valence-electron chi connectivity index (χ4n) is 1.23. The largest absolute Gasteiger partial charge is 0.416 e. The van der Waals surface area contributed by atoms with Crippen LogP contribution in [-0.2, 0) is 6.18 Å². The molecule has 2 N–H and O–H groups in total. The smallest absolute Gasteiger partial charge is 0.374 e. The molecule has 0 unspecified atom stereocenters. The van der Waals surface area contributed by atoms with Crippen molar-refractivity contribution in [3.05, 3.63) is 28.2 Å². The van der Waals surface area contributed by atoms with Crippen LogP contribution in [0.4, 0.5) is 18.3 Å². The Kier molecular flexibility index (Phi) is 3.09. The Balaban J connectivity index is 2.52. The lowest BCUT2D eigenvalue weighted by Gasteiger charge is -2.08. The van der Waals surface area contributed by atoms with E-state index in [1.54, 1.807) is 0 Å². The van der Waals surface area contributed by atoms with Gasteiger partial charge in [-0.15, -0.1) is 10.2 Å². The number of anilines is 1. The van der Waals surface area contributed by atoms with Crippen LogP contribution < -0.4 is 5.73 Å². The lowest BCUT2D eigenvalue weighted by Crippen LogP contribution is -2.04. The molecule has 0 fully saturated rings. The molecule has 0 aliphatic rings. The highest BCUT2D eigenvalue weighted by atomic mass is 79.9. The van der Waals surface area contributed by atoms with Crippen LogP contribution in [-0.4, -0.2) is 10.2 Å². The van der Waals surface area contributed by atoms with Gasteiger partial charge in [0, 0.05) is 10.0 Å². The van der Waals surface area contributed by atoms with Gasteiger partial charge in [0.2, 0.25) is 5.13 Å². The lowest BCUT2D eigenvalue weighted by molar-refractivity contribution is -0.137. The third-order valence-corrected chi connectivity index (χ3v) is 3.17. The van der Waals surface area contributed by atoms with E-state index >= 15 is 0 Å². The van der Waals surface area contributed by atoms with E-state index in [1.165, 1.54) is 6.07 Å². The summed E-state index contributed by atoms with van der Waals surface area (Å²) in [5, 5.41) is 7.84. The summed E-state index contributed by atoms with van der Waals surface area (Å²) in [5.41, 5.74) is 4.98. The molecule has 1 heterocycles. The van der Waals surface area contributed by atoms with Gasteiger partial charge in [0.15, 0.2) is 0 Å². The van der Waals surface area contributed by atoms with Gasteiger partial charge in [-0.25, -0.2) is 0 Å². The Hall–Kier alpha value is -1.15. The Morgan fingerprint density at radius 3 is 2.41 bits per heavy atom. The van der Waals surface area contributed by atoms with Crippen LogP contribution >= 0.6 is 27.3 Å². The topological polar surface area (TPSA) is 51.8 Å². The van der Waals surface area contributed by atoms with Crippen molar-refractivity contribution in [3.8, 4) is 10.6 Å². The summed E-state index contributed by atoms with van der Waals surface area (Å²) in [4.78, 5) is 0. The number of nitrogen functional groups attached to an aromatic ring is 1. The minimum Gasteiger partial charge on any atom is -0.374 e. The summed E-state index contributed by atoms with van der Waals surface area (Å²) in [6, 6.07) is 3.56. The highest BCUT2D eigenvalue weighted by Crippen LogP contribution is 2.35. The molecule has 0 saturated heterocycles. The Morgan fingerprint density at radius 2 is 1.88 bits per heavy atom. The molecule has 17 heavy (non-hydrogen) atoms. The zero-order chi connectivity index (χ0) is 12.6. The molecule has 0 aliphatic heterocycles. The second-order valence-corrected chi connectivity index (χ2v) is 5.10. The molecule has 0 amide bonds. The number of benzene rings is 1. The first kappa shape index (κ1) is 12.3. The predicted molar refractivity (Wildman–Crippen MR) is 62.5 cm³/mol. The first-order valence-corrected chi connectivity index (χ1v) is 5.94. The highest BCUT2D eigenvalue weighted by Gasteiger charge is 2.31. The van der Waals surface area contributed by atoms with Crippen molar-refractivity contribution in [1.82, 2.24) is 10.2 Å². The minimum atomic E-state index is -4.39. The molecule has 0 radical (unpaired) electrons. The van der Waals surface area contributed by atoms with E-state index in [1.807, 2.05) is 0 Å². The van der Waals surface area contributed by atoms with Crippen molar-refractivity contribution >= 4 is 32.4 Å². The molecule has 0 saturated carbocycles. The van der Waals surface area contributed by atoms with E-state index in [0.29, 0.717) is 15.0 Å². The summed E-state index contributed by atoms with van der Waals surface area (Å²) in [6.07, 6.45) is -4.39. The van der Waals surface area contributed by atoms with Crippen molar-refractivity contribution < 1.29 is 13.2 Å². The second-order valence-electron chi connectivity index (χ2n) is 3.17. The third-order valence-electron chi connectivity index (χ3n) is 1.91. The van der Waals surface area contributed by atoms with Crippen molar-refractivity contribution in [2.75, 3.05) is 5.73 Å². The maximum Gasteiger partial charge on any atom is 0.416 e. The zero-order valence-corrected chi connectivity index (χ0v) is 10.5. The van der Waals surface area contributed by atoms with Crippen molar-refractivity contribution in [1.29, 1.82) is 0 Å². The molecule has 1 aromatic heterocycles. The van der Waals surface area contributed by atoms with Crippen molar-refractivity contribution in [2.24, 2.45) is 0 Å². The maximum absolute atomic E-state index is 12.6. The molecule has 2 aromatic rings. The van der Waals surface area contributed by atoms with Gasteiger partial charge in [-0.05, 0) is 18.2 Å². The molecule has 0 aliphatic carbocycles. The van der Waals surface area contributed by atoms with Gasteiger partial charge in [0.1, 0.15) is 5.01 Å². The zero-order valence-electron chi connectivity index (χ0n) is 8.12. The molecular formula is C9H5BrF3N3S. The number of hydrogen-bond donors (Lipinski definition) is 1. The first-order chi connectivity index (χ1) is 7.86. The quantitative estimate of drug-likeness (QED) is 0.872. The fraction of sp³-hybridized carbons (Fsp3) is 0.111. The van der Waals surface area contributed by atoms with E-state index in [-0.39, 0.29) is 5.13 Å². The molecule has 3 nitrogen and oxygen atoms in total. The monoisotopic (exact) mass is 323 g/mol. The summed E-state index contributed by atoms with van der Waals surface area (Å²) in [5.74, 6) is 0. The van der Waals surface area contributed by atoms with Crippen LogP contribution in [0.5, 0.6) is 0 Å². The number of nitrogens with two attached hydrogens (primary N) is 1. The summed E-state index contributed by atoms with van der Waals surface area (Å²) < 4.78 is 38.1. The number of rotatable bonds is 1. The molecule has 2 rings (SSSR count). The Labute approximate surface area is 107 Å². The third kappa shape index (κ3) is 2.75. The van der Waals surface area contributed by atoms with Gasteiger partial charge < -0.3 is 5.73 Å². The molecule has 1 aromatic carbocycles. The van der Waals surface area contributed by atoms with E-state index < -0.39 is 11.7 Å². The average molecular weight is 324 g/mol. The van der Waals surface area contributed by atoms with Crippen molar-refractivity contribution in [3.63, 3.8) is 0 Å². The summed E-state index contributed by atoms with van der Waals surface area (Å²) in [7, 11) is 0. The van der Waals surface area contributed by atoms with Gasteiger partial charge in [-0.2, -0.15) is 13.2 Å². The summed E-state index contributed by atoms with van der Waals surface area (Å²) in [6.45, 7) is 0. The number of halogens is 4. The average Bonchev–Trinajstić information content (AvgIpc) is 2.62. The molecule has 90 valence electrons. The van der Waals surface area contributed by atoms with Gasteiger partial charge in [0.05, 0.1) is 5.56 Å². The van der Waals surface area contributed by atoms with Crippen LogP contribution in [0.1, 0.15) is 5.56 Å². The predicted octanol–water partition coefficient (Wildman–Crippen LogP) is 3.57. The number of aromatic nitrogens is 2. The van der Waals surface area contributed by atoms with Crippen LogP contribution in [0, 0.1) is 0 Å². The van der Waals surface area contributed by atoms with Gasteiger partial charge in [0.25, 0.3) is 0 Å². The lowest BCUT2D eigenvalue weighted by atomic mass is 10.1. The Morgan fingerprint density at radius 1 is 1.18 bits per heavy atom. The molecule has 8 heteroatoms. The molecule has 0 spiro atoms. The fourth-order valence-corrected chi connectivity index (χ4v) is 2.32. The number of hydrogen-bond acceptors (Lipinski definition) is 4. The first-order valence-electron chi connectivity index (χ1n) is 4.33.